The summed E-state index contributed by atoms with van der Waals surface area (Å²) in [6.45, 7) is -0.0904. The van der Waals surface area contributed by atoms with Gasteiger partial charge >= 0.3 is 6.18 Å². The molecule has 6 nitrogen and oxygen atoms in total. The number of hydrogen-bond donors (Lipinski definition) is 1. The second-order valence-corrected chi connectivity index (χ2v) is 7.81. The lowest BCUT2D eigenvalue weighted by atomic mass is 9.97. The molecule has 25 heavy (non-hydrogen) atoms. The van der Waals surface area contributed by atoms with Gasteiger partial charge in [0, 0.05) is 13.0 Å². The Kier molecular flexibility index (Phi) is 4.78. The summed E-state index contributed by atoms with van der Waals surface area (Å²) in [6, 6.07) is 5.95. The average Bonchev–Trinajstić information content (AvgIpc) is 2.95. The van der Waals surface area contributed by atoms with E-state index in [0.717, 1.165) is 0 Å². The summed E-state index contributed by atoms with van der Waals surface area (Å²) in [7, 11) is -3.87. The molecule has 0 saturated heterocycles. The van der Waals surface area contributed by atoms with Gasteiger partial charge in [-0.15, -0.1) is 10.2 Å². The van der Waals surface area contributed by atoms with Crippen molar-refractivity contribution in [1.29, 1.82) is 0 Å². The minimum absolute atomic E-state index is 0.0753. The zero-order valence-corrected chi connectivity index (χ0v) is 14.4. The first kappa shape index (κ1) is 18.2. The van der Waals surface area contributed by atoms with Crippen LogP contribution >= 0.6 is 11.6 Å². The van der Waals surface area contributed by atoms with E-state index in [1.54, 1.807) is 6.07 Å². The summed E-state index contributed by atoms with van der Waals surface area (Å²) < 4.78 is 66.9. The fraction of sp³-hybridized carbons (Fsp3) is 0.429. The molecule has 11 heteroatoms. The van der Waals surface area contributed by atoms with Gasteiger partial charge in [0.25, 0.3) is 0 Å². The average molecular weight is 395 g/mol. The van der Waals surface area contributed by atoms with Crippen LogP contribution in [0.5, 0.6) is 0 Å². The third-order valence-electron chi connectivity index (χ3n) is 4.04. The van der Waals surface area contributed by atoms with Gasteiger partial charge in [0.2, 0.25) is 10.0 Å². The van der Waals surface area contributed by atoms with Crippen molar-refractivity contribution in [2.24, 2.45) is 5.92 Å². The fourth-order valence-corrected chi connectivity index (χ4v) is 4.20. The summed E-state index contributed by atoms with van der Waals surface area (Å²) >= 11 is 5.88. The van der Waals surface area contributed by atoms with E-state index >= 15 is 0 Å². The minimum Gasteiger partial charge on any atom is -0.314 e. The maximum Gasteiger partial charge on any atom is 0.392 e. The highest BCUT2D eigenvalue weighted by Gasteiger charge is 2.42. The Labute approximate surface area is 147 Å². The van der Waals surface area contributed by atoms with Crippen molar-refractivity contribution in [2.45, 2.75) is 37.0 Å². The minimum atomic E-state index is -4.27. The molecule has 0 fully saturated rings. The molecule has 0 radical (unpaired) electrons. The molecular weight excluding hydrogens is 381 g/mol. The van der Waals surface area contributed by atoms with Crippen molar-refractivity contribution in [3.05, 3.63) is 40.9 Å². The molecule has 1 unspecified atom stereocenters. The van der Waals surface area contributed by atoms with Gasteiger partial charge in [-0.05, 0) is 18.6 Å². The quantitative estimate of drug-likeness (QED) is 0.864. The number of aromatic nitrogens is 3. The monoisotopic (exact) mass is 394 g/mol. The van der Waals surface area contributed by atoms with E-state index in [1.165, 1.54) is 22.8 Å². The molecule has 1 N–H and O–H groups in total. The van der Waals surface area contributed by atoms with Crippen LogP contribution in [0, 0.1) is 5.92 Å². The van der Waals surface area contributed by atoms with Gasteiger partial charge in [0.15, 0.2) is 0 Å². The van der Waals surface area contributed by atoms with Gasteiger partial charge in [-0.1, -0.05) is 23.7 Å². The molecule has 0 bridgehead atoms. The molecule has 3 rings (SSSR count). The number of alkyl halides is 3. The second kappa shape index (κ2) is 6.58. The lowest BCUT2D eigenvalue weighted by Gasteiger charge is -2.25. The molecule has 2 heterocycles. The molecule has 1 aliphatic rings. The van der Waals surface area contributed by atoms with Crippen molar-refractivity contribution in [1.82, 2.24) is 19.5 Å². The van der Waals surface area contributed by atoms with Crippen LogP contribution in [0.3, 0.4) is 0 Å². The fourth-order valence-electron chi connectivity index (χ4n) is 2.70. The van der Waals surface area contributed by atoms with E-state index in [9.17, 15) is 21.6 Å². The van der Waals surface area contributed by atoms with Crippen LogP contribution in [0.1, 0.15) is 18.1 Å². The smallest absolute Gasteiger partial charge is 0.314 e. The number of nitrogens with one attached hydrogen (secondary N) is 1. The van der Waals surface area contributed by atoms with Gasteiger partial charge in [-0.25, -0.2) is 13.1 Å². The largest absolute Gasteiger partial charge is 0.392 e. The van der Waals surface area contributed by atoms with E-state index in [0.29, 0.717) is 0 Å². The van der Waals surface area contributed by atoms with Crippen molar-refractivity contribution >= 4 is 21.6 Å². The van der Waals surface area contributed by atoms with Crippen LogP contribution in [0.2, 0.25) is 5.02 Å². The van der Waals surface area contributed by atoms with Gasteiger partial charge in [0.05, 0.1) is 17.5 Å². The van der Waals surface area contributed by atoms with E-state index in [-0.39, 0.29) is 47.5 Å². The van der Waals surface area contributed by atoms with Gasteiger partial charge < -0.3 is 4.57 Å². The number of fused-ring (bicyclic) bond motifs is 1. The summed E-state index contributed by atoms with van der Waals surface area (Å²) in [4.78, 5) is -0.0767. The summed E-state index contributed by atoms with van der Waals surface area (Å²) in [5.74, 6) is -0.969. The first-order valence-electron chi connectivity index (χ1n) is 7.40. The Morgan fingerprint density at radius 3 is 2.68 bits per heavy atom. The molecule has 1 aromatic heterocycles. The zero-order valence-electron chi connectivity index (χ0n) is 12.8. The number of sulfonamides is 1. The Hall–Kier alpha value is -1.65. The summed E-state index contributed by atoms with van der Waals surface area (Å²) in [5.41, 5.74) is 0. The van der Waals surface area contributed by atoms with E-state index in [4.69, 9.17) is 11.6 Å². The van der Waals surface area contributed by atoms with Crippen molar-refractivity contribution in [3.63, 3.8) is 0 Å². The molecule has 1 aromatic carbocycles. The van der Waals surface area contributed by atoms with Gasteiger partial charge in [-0.2, -0.15) is 13.2 Å². The zero-order chi connectivity index (χ0) is 18.2. The number of rotatable bonds is 4. The van der Waals surface area contributed by atoms with Crippen LogP contribution in [0.15, 0.2) is 29.2 Å². The molecule has 0 amide bonds. The van der Waals surface area contributed by atoms with Crippen molar-refractivity contribution in [2.75, 3.05) is 0 Å². The summed E-state index contributed by atoms with van der Waals surface area (Å²) in [6.07, 6.45) is -4.62. The first-order chi connectivity index (χ1) is 11.7. The van der Waals surface area contributed by atoms with Crippen molar-refractivity contribution < 1.29 is 21.6 Å². The van der Waals surface area contributed by atoms with Crippen LogP contribution < -0.4 is 4.72 Å². The van der Waals surface area contributed by atoms with Crippen LogP contribution in [0.25, 0.3) is 0 Å². The molecule has 1 atom stereocenters. The van der Waals surface area contributed by atoms with Crippen LogP contribution in [-0.2, 0) is 29.5 Å². The third kappa shape index (κ3) is 3.80. The number of nitrogens with zero attached hydrogens (tertiary/aromatic N) is 3. The summed E-state index contributed by atoms with van der Waals surface area (Å²) in [5, 5.41) is 7.66. The topological polar surface area (TPSA) is 76.9 Å². The van der Waals surface area contributed by atoms with Crippen LogP contribution in [-0.4, -0.2) is 29.4 Å². The number of hydrogen-bond acceptors (Lipinski definition) is 4. The lowest BCUT2D eigenvalue weighted by molar-refractivity contribution is -0.179. The highest BCUT2D eigenvalue weighted by atomic mass is 35.5. The molecule has 0 saturated carbocycles. The van der Waals surface area contributed by atoms with Crippen LogP contribution in [0.4, 0.5) is 13.2 Å². The SMILES string of the molecule is O=S(=O)(NCc1nnc2n1CCC(C(F)(F)F)C2)c1ccccc1Cl. The van der Waals surface area contributed by atoms with E-state index in [1.807, 2.05) is 0 Å². The number of benzene rings is 1. The normalized spacial score (nSPS) is 18.2. The number of halogens is 4. The predicted octanol–water partition coefficient (Wildman–Crippen LogP) is 2.53. The second-order valence-electron chi connectivity index (χ2n) is 5.67. The molecule has 2 aromatic rings. The van der Waals surface area contributed by atoms with Crippen molar-refractivity contribution in [3.8, 4) is 0 Å². The predicted molar refractivity (Wildman–Crippen MR) is 83.4 cm³/mol. The lowest BCUT2D eigenvalue weighted by Crippen LogP contribution is -2.32. The van der Waals surface area contributed by atoms with Gasteiger partial charge in [0.1, 0.15) is 16.5 Å². The van der Waals surface area contributed by atoms with E-state index in [2.05, 4.69) is 14.9 Å². The third-order valence-corrected chi connectivity index (χ3v) is 5.94. The van der Waals surface area contributed by atoms with Gasteiger partial charge in [-0.3, -0.25) is 0 Å². The molecule has 0 aliphatic carbocycles. The Bertz CT molecular complexity index is 882. The van der Waals surface area contributed by atoms with E-state index < -0.39 is 22.1 Å². The Morgan fingerprint density at radius 1 is 1.28 bits per heavy atom. The molecule has 136 valence electrons. The highest BCUT2D eigenvalue weighted by molar-refractivity contribution is 7.89. The molecule has 0 spiro atoms. The Morgan fingerprint density at radius 2 is 2.00 bits per heavy atom. The highest BCUT2D eigenvalue weighted by Crippen LogP contribution is 2.34. The Balaban J connectivity index is 1.74. The standard InChI is InChI=1S/C14H14ClF3N4O2S/c15-10-3-1-2-4-11(10)25(23,24)19-8-13-21-20-12-7-9(14(16,17)18)5-6-22(12)13/h1-4,9,19H,5-8H2. The first-order valence-corrected chi connectivity index (χ1v) is 9.26. The molecule has 1 aliphatic heterocycles. The maximum atomic E-state index is 12.8. The maximum absolute atomic E-state index is 12.8. The molecular formula is C14H14ClF3N4O2S.